The highest BCUT2D eigenvalue weighted by atomic mass is 79.9. The van der Waals surface area contributed by atoms with Gasteiger partial charge in [-0.25, -0.2) is 0 Å². The first-order chi connectivity index (χ1) is 9.25. The Bertz CT molecular complexity index is 344. The van der Waals surface area contributed by atoms with Gasteiger partial charge in [0.2, 0.25) is 0 Å². The predicted octanol–water partition coefficient (Wildman–Crippen LogP) is 6.36. The summed E-state index contributed by atoms with van der Waals surface area (Å²) in [5, 5.41) is 1.17. The van der Waals surface area contributed by atoms with Crippen molar-refractivity contribution >= 4 is 15.9 Å². The fraction of sp³-hybridized carbons (Fsp3) is 0.667. The molecule has 19 heavy (non-hydrogen) atoms. The van der Waals surface area contributed by atoms with Gasteiger partial charge in [0.15, 0.2) is 0 Å². The number of alkyl halides is 1. The van der Waals surface area contributed by atoms with Gasteiger partial charge in [-0.3, -0.25) is 0 Å². The summed E-state index contributed by atoms with van der Waals surface area (Å²) in [4.78, 5) is 0. The van der Waals surface area contributed by atoms with Crippen LogP contribution in [0.4, 0.5) is 0 Å². The van der Waals surface area contributed by atoms with Gasteiger partial charge in [0.05, 0.1) is 0 Å². The predicted molar refractivity (Wildman–Crippen MR) is 90.4 cm³/mol. The van der Waals surface area contributed by atoms with Crippen LogP contribution in [0, 0.1) is 13.8 Å². The highest BCUT2D eigenvalue weighted by molar-refractivity contribution is 9.09. The van der Waals surface area contributed by atoms with Gasteiger partial charge in [0.1, 0.15) is 0 Å². The van der Waals surface area contributed by atoms with Crippen molar-refractivity contribution in [3.05, 3.63) is 34.9 Å². The van der Waals surface area contributed by atoms with E-state index in [0.717, 1.165) is 0 Å². The number of hydrogen-bond acceptors (Lipinski definition) is 0. The zero-order valence-electron chi connectivity index (χ0n) is 12.7. The monoisotopic (exact) mass is 324 g/mol. The molecule has 0 amide bonds. The Morgan fingerprint density at radius 1 is 0.789 bits per heavy atom. The largest absolute Gasteiger partial charge is 0.0928 e. The maximum Gasteiger partial charge on any atom is 0.00313 e. The quantitative estimate of drug-likeness (QED) is 0.347. The summed E-state index contributed by atoms with van der Waals surface area (Å²) in [6.45, 7) is 4.47. The molecule has 1 aromatic rings. The second kappa shape index (κ2) is 10.5. The van der Waals surface area contributed by atoms with Crippen LogP contribution in [0.3, 0.4) is 0 Å². The third kappa shape index (κ3) is 7.15. The highest BCUT2D eigenvalue weighted by Gasteiger charge is 2.00. The lowest BCUT2D eigenvalue weighted by atomic mass is 9.98. The molecule has 0 nitrogen and oxygen atoms in total. The number of aryl methyl sites for hydroxylation is 2. The standard InChI is InChI=1S/C18H29Br/c1-16-12-11-14-18(17(16)2)13-9-7-5-3-4-6-8-10-15-19/h11-12,14H,3-10,13,15H2,1-2H3. The minimum Gasteiger partial charge on any atom is -0.0928 e. The van der Waals surface area contributed by atoms with Crippen LogP contribution in [-0.2, 0) is 6.42 Å². The molecule has 0 spiro atoms. The van der Waals surface area contributed by atoms with Gasteiger partial charge in [-0.2, -0.15) is 0 Å². The van der Waals surface area contributed by atoms with Gasteiger partial charge >= 0.3 is 0 Å². The number of rotatable bonds is 10. The van der Waals surface area contributed by atoms with E-state index in [2.05, 4.69) is 48.0 Å². The third-order valence-corrected chi connectivity index (χ3v) is 4.61. The molecule has 0 aliphatic heterocycles. The SMILES string of the molecule is Cc1cccc(CCCCCCCCCCBr)c1C. The van der Waals surface area contributed by atoms with Crippen molar-refractivity contribution in [1.82, 2.24) is 0 Å². The van der Waals surface area contributed by atoms with Gasteiger partial charge in [-0.1, -0.05) is 72.7 Å². The minimum absolute atomic E-state index is 1.17. The molecule has 0 aliphatic carbocycles. The molecular weight excluding hydrogens is 296 g/mol. The van der Waals surface area contributed by atoms with E-state index in [9.17, 15) is 0 Å². The van der Waals surface area contributed by atoms with Gasteiger partial charge in [0, 0.05) is 5.33 Å². The van der Waals surface area contributed by atoms with Crippen LogP contribution in [0.2, 0.25) is 0 Å². The molecule has 1 rings (SSSR count). The first-order valence-electron chi connectivity index (χ1n) is 7.86. The van der Waals surface area contributed by atoms with Crippen molar-refractivity contribution in [1.29, 1.82) is 0 Å². The summed E-state index contributed by atoms with van der Waals surface area (Å²) in [6, 6.07) is 6.70. The molecule has 0 atom stereocenters. The van der Waals surface area contributed by atoms with Gasteiger partial charge in [0.25, 0.3) is 0 Å². The Kier molecular flexibility index (Phi) is 9.24. The summed E-state index contributed by atoms with van der Waals surface area (Å²) in [5.41, 5.74) is 4.49. The Labute approximate surface area is 128 Å². The minimum atomic E-state index is 1.17. The van der Waals surface area contributed by atoms with Crippen LogP contribution in [-0.4, -0.2) is 5.33 Å². The Morgan fingerprint density at radius 3 is 2.00 bits per heavy atom. The van der Waals surface area contributed by atoms with Crippen molar-refractivity contribution in [2.24, 2.45) is 0 Å². The molecule has 0 heterocycles. The van der Waals surface area contributed by atoms with Gasteiger partial charge in [-0.05, 0) is 49.8 Å². The zero-order valence-corrected chi connectivity index (χ0v) is 14.3. The molecular formula is C18H29Br. The number of benzene rings is 1. The first kappa shape index (κ1) is 16.8. The van der Waals surface area contributed by atoms with E-state index in [-0.39, 0.29) is 0 Å². The molecule has 0 bridgehead atoms. The molecule has 0 N–H and O–H groups in total. The van der Waals surface area contributed by atoms with E-state index < -0.39 is 0 Å². The van der Waals surface area contributed by atoms with Crippen LogP contribution in [0.25, 0.3) is 0 Å². The van der Waals surface area contributed by atoms with E-state index in [4.69, 9.17) is 0 Å². The highest BCUT2D eigenvalue weighted by Crippen LogP contribution is 2.16. The summed E-state index contributed by atoms with van der Waals surface area (Å²) >= 11 is 3.49. The average molecular weight is 325 g/mol. The first-order valence-corrected chi connectivity index (χ1v) is 8.99. The average Bonchev–Trinajstić information content (AvgIpc) is 2.41. The van der Waals surface area contributed by atoms with Crippen molar-refractivity contribution in [2.75, 3.05) is 5.33 Å². The lowest BCUT2D eigenvalue weighted by Crippen LogP contribution is -1.92. The number of hydrogen-bond donors (Lipinski definition) is 0. The molecule has 0 aliphatic rings. The van der Waals surface area contributed by atoms with Crippen molar-refractivity contribution in [3.8, 4) is 0 Å². The molecule has 108 valence electrons. The second-order valence-corrected chi connectivity index (χ2v) is 6.42. The zero-order chi connectivity index (χ0) is 13.9. The smallest absolute Gasteiger partial charge is 0.00313 e. The lowest BCUT2D eigenvalue weighted by molar-refractivity contribution is 0.576. The lowest BCUT2D eigenvalue weighted by Gasteiger charge is -2.08. The molecule has 0 unspecified atom stereocenters. The Balaban J connectivity index is 2.03. The third-order valence-electron chi connectivity index (χ3n) is 4.05. The maximum atomic E-state index is 3.49. The summed E-state index contributed by atoms with van der Waals surface area (Å²) in [6.07, 6.45) is 12.4. The van der Waals surface area contributed by atoms with Crippen LogP contribution in [0.5, 0.6) is 0 Å². The van der Waals surface area contributed by atoms with Crippen molar-refractivity contribution in [3.63, 3.8) is 0 Å². The topological polar surface area (TPSA) is 0 Å². The summed E-state index contributed by atoms with van der Waals surface area (Å²) in [5.74, 6) is 0. The van der Waals surface area contributed by atoms with E-state index in [1.165, 1.54) is 74.2 Å². The fourth-order valence-corrected chi connectivity index (χ4v) is 2.95. The van der Waals surface area contributed by atoms with Crippen LogP contribution in [0.15, 0.2) is 18.2 Å². The van der Waals surface area contributed by atoms with Crippen LogP contribution < -0.4 is 0 Å². The fourth-order valence-electron chi connectivity index (χ4n) is 2.55. The van der Waals surface area contributed by atoms with E-state index in [1.807, 2.05) is 0 Å². The molecule has 0 saturated carbocycles. The molecule has 0 fully saturated rings. The molecule has 1 aromatic carbocycles. The van der Waals surface area contributed by atoms with Gasteiger partial charge in [-0.15, -0.1) is 0 Å². The van der Waals surface area contributed by atoms with Crippen LogP contribution in [0.1, 0.15) is 68.1 Å². The van der Waals surface area contributed by atoms with Crippen LogP contribution >= 0.6 is 15.9 Å². The maximum absolute atomic E-state index is 3.49. The molecule has 0 aromatic heterocycles. The normalized spacial score (nSPS) is 10.9. The molecule has 0 saturated heterocycles. The van der Waals surface area contributed by atoms with Crippen molar-refractivity contribution in [2.45, 2.75) is 71.6 Å². The number of unbranched alkanes of at least 4 members (excludes halogenated alkanes) is 7. The summed E-state index contributed by atoms with van der Waals surface area (Å²) < 4.78 is 0. The van der Waals surface area contributed by atoms with E-state index in [0.29, 0.717) is 0 Å². The Morgan fingerprint density at radius 2 is 1.37 bits per heavy atom. The molecule has 1 heteroatoms. The van der Waals surface area contributed by atoms with Gasteiger partial charge < -0.3 is 0 Å². The Hall–Kier alpha value is -0.300. The molecule has 0 radical (unpaired) electrons. The van der Waals surface area contributed by atoms with Crippen molar-refractivity contribution < 1.29 is 0 Å². The van der Waals surface area contributed by atoms with E-state index >= 15 is 0 Å². The second-order valence-electron chi connectivity index (χ2n) is 5.63. The number of halogens is 1. The summed E-state index contributed by atoms with van der Waals surface area (Å²) in [7, 11) is 0. The van der Waals surface area contributed by atoms with E-state index in [1.54, 1.807) is 5.56 Å².